The lowest BCUT2D eigenvalue weighted by molar-refractivity contribution is -0.141. The summed E-state index contributed by atoms with van der Waals surface area (Å²) >= 11 is 5.54. The number of halogens is 2. The van der Waals surface area contributed by atoms with Gasteiger partial charge in [0, 0.05) is 24.3 Å². The molecule has 6 nitrogen and oxygen atoms in total. The van der Waals surface area contributed by atoms with E-state index in [-0.39, 0.29) is 24.7 Å². The van der Waals surface area contributed by atoms with Crippen LogP contribution in [-0.2, 0) is 22.6 Å². The molecule has 2 aromatic rings. The summed E-state index contributed by atoms with van der Waals surface area (Å²) in [6, 6.07) is 13.8. The third kappa shape index (κ3) is 5.24. The number of carbonyl (C=O) groups excluding carboxylic acids is 2. The number of carboxylic acids is 1. The van der Waals surface area contributed by atoms with E-state index in [1.54, 1.807) is 23.1 Å². The molecule has 28 heavy (non-hydrogen) atoms. The first-order chi connectivity index (χ1) is 12.9. The molecular weight excluding hydrogens is 403 g/mol. The van der Waals surface area contributed by atoms with Crippen LogP contribution in [0.5, 0.6) is 0 Å². The van der Waals surface area contributed by atoms with Crippen LogP contribution in [0.3, 0.4) is 0 Å². The molecule has 0 saturated carbocycles. The molecule has 0 spiro atoms. The first-order valence-electron chi connectivity index (χ1n) is 8.58. The van der Waals surface area contributed by atoms with Crippen molar-refractivity contribution in [1.29, 1.82) is 0 Å². The fourth-order valence-corrected chi connectivity index (χ4v) is 3.25. The highest BCUT2D eigenvalue weighted by Crippen LogP contribution is 2.26. The van der Waals surface area contributed by atoms with Crippen molar-refractivity contribution in [2.24, 2.45) is 0 Å². The number of amides is 1. The van der Waals surface area contributed by atoms with Crippen LogP contribution in [0.1, 0.15) is 27.9 Å². The van der Waals surface area contributed by atoms with Gasteiger partial charge in [0.25, 0.3) is 5.24 Å². The molecule has 1 amide bonds. The molecule has 148 valence electrons. The Bertz CT molecular complexity index is 874. The van der Waals surface area contributed by atoms with Crippen molar-refractivity contribution in [3.05, 3.63) is 65.2 Å². The minimum absolute atomic E-state index is 0. The van der Waals surface area contributed by atoms with Crippen molar-refractivity contribution in [2.75, 3.05) is 11.9 Å². The van der Waals surface area contributed by atoms with Gasteiger partial charge in [-0.05, 0) is 41.3 Å². The average molecular weight is 423 g/mol. The second-order valence-corrected chi connectivity index (χ2v) is 6.78. The Balaban J connectivity index is 0.00000280. The van der Waals surface area contributed by atoms with Gasteiger partial charge in [-0.25, -0.2) is 0 Å². The number of hydrogen-bond acceptors (Lipinski definition) is 4. The highest BCUT2D eigenvalue weighted by molar-refractivity contribution is 6.67. The zero-order chi connectivity index (χ0) is 19.4. The van der Waals surface area contributed by atoms with Gasteiger partial charge in [0.15, 0.2) is 0 Å². The van der Waals surface area contributed by atoms with Gasteiger partial charge in [-0.15, -0.1) is 12.4 Å². The topological polar surface area (TPSA) is 86.7 Å². The molecular formula is C20H20Cl2N2O4. The van der Waals surface area contributed by atoms with Gasteiger partial charge >= 0.3 is 5.97 Å². The van der Waals surface area contributed by atoms with Gasteiger partial charge in [-0.3, -0.25) is 14.4 Å². The Morgan fingerprint density at radius 1 is 1.18 bits per heavy atom. The standard InChI is InChI=1S/C20H19ClN2O4.ClH/c21-19(26)14-6-7-15-12-23(9-8-13-4-2-1-3-5-13)20(27)17(11-18(24)25)22-16(15)10-14;/h1-7,10,17,22H,8-9,11-12H2,(H,24,25);1H. The Hall–Kier alpha value is -2.57. The maximum atomic E-state index is 12.9. The largest absolute Gasteiger partial charge is 0.481 e. The monoisotopic (exact) mass is 422 g/mol. The molecule has 0 saturated heterocycles. The summed E-state index contributed by atoms with van der Waals surface area (Å²) in [6.45, 7) is 0.803. The molecule has 3 rings (SSSR count). The molecule has 1 heterocycles. The van der Waals surface area contributed by atoms with Crippen LogP contribution in [0, 0.1) is 0 Å². The summed E-state index contributed by atoms with van der Waals surface area (Å²) < 4.78 is 0. The molecule has 0 fully saturated rings. The molecule has 0 aliphatic carbocycles. The number of benzene rings is 2. The minimum Gasteiger partial charge on any atom is -0.481 e. The van der Waals surface area contributed by atoms with Gasteiger partial charge < -0.3 is 15.3 Å². The summed E-state index contributed by atoms with van der Waals surface area (Å²) in [5.41, 5.74) is 2.76. The molecule has 1 aliphatic rings. The Labute approximate surface area is 173 Å². The van der Waals surface area contributed by atoms with Crippen LogP contribution in [0.25, 0.3) is 0 Å². The smallest absolute Gasteiger partial charge is 0.305 e. The highest BCUT2D eigenvalue weighted by Gasteiger charge is 2.31. The van der Waals surface area contributed by atoms with Crippen molar-refractivity contribution in [2.45, 2.75) is 25.4 Å². The lowest BCUT2D eigenvalue weighted by Crippen LogP contribution is -2.42. The van der Waals surface area contributed by atoms with E-state index in [2.05, 4.69) is 5.32 Å². The van der Waals surface area contributed by atoms with Gasteiger partial charge in [-0.1, -0.05) is 36.4 Å². The first-order valence-corrected chi connectivity index (χ1v) is 8.95. The SMILES string of the molecule is Cl.O=C(O)CC1Nc2cc(C(=O)Cl)ccc2CN(CCc2ccccc2)C1=O. The summed E-state index contributed by atoms with van der Waals surface area (Å²) in [7, 11) is 0. The lowest BCUT2D eigenvalue weighted by Gasteiger charge is -2.24. The van der Waals surface area contributed by atoms with Gasteiger partial charge in [-0.2, -0.15) is 0 Å². The maximum absolute atomic E-state index is 12.9. The number of carbonyl (C=O) groups is 3. The van der Waals surface area contributed by atoms with Crippen LogP contribution < -0.4 is 5.32 Å². The third-order valence-electron chi connectivity index (χ3n) is 4.53. The van der Waals surface area contributed by atoms with E-state index in [1.165, 1.54) is 0 Å². The molecule has 1 unspecified atom stereocenters. The Kier molecular flexibility index (Phi) is 7.43. The molecule has 8 heteroatoms. The van der Waals surface area contributed by atoms with E-state index in [1.807, 2.05) is 30.3 Å². The molecule has 1 atom stereocenters. The number of anilines is 1. The van der Waals surface area contributed by atoms with Crippen LogP contribution in [0.4, 0.5) is 5.69 Å². The van der Waals surface area contributed by atoms with Crippen molar-refractivity contribution in [3.8, 4) is 0 Å². The van der Waals surface area contributed by atoms with Crippen LogP contribution in [0.2, 0.25) is 0 Å². The predicted molar refractivity (Wildman–Crippen MR) is 109 cm³/mol. The molecule has 1 aliphatic heterocycles. The molecule has 0 bridgehead atoms. The first kappa shape index (κ1) is 21.7. The fourth-order valence-electron chi connectivity index (χ4n) is 3.14. The predicted octanol–water partition coefficient (Wildman–Crippen LogP) is 3.33. The number of fused-ring (bicyclic) bond motifs is 1. The van der Waals surface area contributed by atoms with Crippen LogP contribution >= 0.6 is 24.0 Å². The normalized spacial score (nSPS) is 15.7. The van der Waals surface area contributed by atoms with Gasteiger partial charge in [0.05, 0.1) is 6.42 Å². The average Bonchev–Trinajstić information content (AvgIpc) is 2.77. The molecule has 2 N–H and O–H groups in total. The van der Waals surface area contributed by atoms with Gasteiger partial charge in [0.1, 0.15) is 6.04 Å². The second-order valence-electron chi connectivity index (χ2n) is 6.44. The van der Waals surface area contributed by atoms with E-state index in [0.717, 1.165) is 11.1 Å². The minimum atomic E-state index is -1.07. The molecule has 2 aromatic carbocycles. The number of nitrogens with zero attached hydrogens (tertiary/aromatic N) is 1. The van der Waals surface area contributed by atoms with Crippen molar-refractivity contribution >= 4 is 46.8 Å². The van der Waals surface area contributed by atoms with Crippen LogP contribution in [0.15, 0.2) is 48.5 Å². The number of rotatable bonds is 6. The zero-order valence-electron chi connectivity index (χ0n) is 14.9. The third-order valence-corrected chi connectivity index (χ3v) is 4.75. The fraction of sp³-hybridized carbons (Fsp3) is 0.250. The lowest BCUT2D eigenvalue weighted by atomic mass is 10.1. The number of carboxylic acid groups (broad SMARTS) is 1. The Morgan fingerprint density at radius 3 is 2.54 bits per heavy atom. The van der Waals surface area contributed by atoms with Crippen molar-refractivity contribution in [3.63, 3.8) is 0 Å². The van der Waals surface area contributed by atoms with E-state index in [9.17, 15) is 19.5 Å². The summed E-state index contributed by atoms with van der Waals surface area (Å²) in [6.07, 6.45) is 0.319. The van der Waals surface area contributed by atoms with E-state index in [4.69, 9.17) is 11.6 Å². The van der Waals surface area contributed by atoms with E-state index in [0.29, 0.717) is 30.8 Å². The number of hydrogen-bond donors (Lipinski definition) is 2. The van der Waals surface area contributed by atoms with Crippen LogP contribution in [-0.4, -0.2) is 39.7 Å². The van der Waals surface area contributed by atoms with Crippen molar-refractivity contribution < 1.29 is 19.5 Å². The highest BCUT2D eigenvalue weighted by atomic mass is 35.5. The van der Waals surface area contributed by atoms with Gasteiger partial charge in [0.2, 0.25) is 5.91 Å². The van der Waals surface area contributed by atoms with E-state index < -0.39 is 17.3 Å². The Morgan fingerprint density at radius 2 is 1.89 bits per heavy atom. The zero-order valence-corrected chi connectivity index (χ0v) is 16.5. The molecule has 0 radical (unpaired) electrons. The summed E-state index contributed by atoms with van der Waals surface area (Å²) in [5.74, 6) is -1.35. The summed E-state index contributed by atoms with van der Waals surface area (Å²) in [4.78, 5) is 37.2. The maximum Gasteiger partial charge on any atom is 0.305 e. The second kappa shape index (κ2) is 9.57. The quantitative estimate of drug-likeness (QED) is 0.697. The summed E-state index contributed by atoms with van der Waals surface area (Å²) in [5, 5.41) is 11.5. The number of nitrogens with one attached hydrogen (secondary N) is 1. The molecule has 0 aromatic heterocycles. The number of aliphatic carboxylic acids is 1. The van der Waals surface area contributed by atoms with E-state index >= 15 is 0 Å². The van der Waals surface area contributed by atoms with Crippen molar-refractivity contribution in [1.82, 2.24) is 4.90 Å².